The molecule has 1 aliphatic heterocycles. The molecule has 39 heavy (non-hydrogen) atoms. The fourth-order valence-electron chi connectivity index (χ4n) is 5.19. The Balaban J connectivity index is 1.69. The van der Waals surface area contributed by atoms with Crippen molar-refractivity contribution in [1.29, 1.82) is 0 Å². The van der Waals surface area contributed by atoms with Crippen LogP contribution in [-0.2, 0) is 24.6 Å². The Hall–Kier alpha value is -3.33. The first-order valence-corrected chi connectivity index (χ1v) is 13.2. The van der Waals surface area contributed by atoms with Gasteiger partial charge in [-0.15, -0.1) is 6.58 Å². The van der Waals surface area contributed by atoms with Crippen LogP contribution in [0.1, 0.15) is 36.0 Å². The summed E-state index contributed by atoms with van der Waals surface area (Å²) in [6.07, 6.45) is -2.71. The number of aliphatic carboxylic acids is 1. The summed E-state index contributed by atoms with van der Waals surface area (Å²) in [7, 11) is 0. The Morgan fingerprint density at radius 2 is 1.33 bits per heavy atom. The summed E-state index contributed by atoms with van der Waals surface area (Å²) >= 11 is 0. The van der Waals surface area contributed by atoms with E-state index in [9.17, 15) is 15.0 Å². The molecule has 5 atom stereocenters. The molecule has 206 valence electrons. The van der Waals surface area contributed by atoms with Gasteiger partial charge in [0.1, 0.15) is 30.0 Å². The molecule has 0 bridgehead atoms. The van der Waals surface area contributed by atoms with Crippen LogP contribution in [-0.4, -0.2) is 65.0 Å². The van der Waals surface area contributed by atoms with Gasteiger partial charge in [-0.1, -0.05) is 97.1 Å². The summed E-state index contributed by atoms with van der Waals surface area (Å²) in [5, 5.41) is 31.3. The van der Waals surface area contributed by atoms with E-state index in [-0.39, 0.29) is 19.6 Å². The van der Waals surface area contributed by atoms with E-state index in [1.54, 1.807) is 6.08 Å². The summed E-state index contributed by atoms with van der Waals surface area (Å²) in [6, 6.07) is 29.6. The molecule has 1 saturated heterocycles. The van der Waals surface area contributed by atoms with Crippen LogP contribution in [0.15, 0.2) is 104 Å². The van der Waals surface area contributed by atoms with E-state index in [1.807, 2.05) is 91.0 Å². The van der Waals surface area contributed by atoms with E-state index < -0.39 is 42.1 Å². The van der Waals surface area contributed by atoms with Crippen LogP contribution in [0.5, 0.6) is 0 Å². The molecule has 0 radical (unpaired) electrons. The molecule has 3 aromatic rings. The van der Waals surface area contributed by atoms with Gasteiger partial charge in [0.2, 0.25) is 0 Å². The lowest BCUT2D eigenvalue weighted by Crippen LogP contribution is -2.60. The van der Waals surface area contributed by atoms with Crippen molar-refractivity contribution in [2.45, 2.75) is 55.4 Å². The lowest BCUT2D eigenvalue weighted by molar-refractivity contribution is -0.248. The van der Waals surface area contributed by atoms with Crippen LogP contribution < -0.4 is 0 Å². The van der Waals surface area contributed by atoms with Crippen molar-refractivity contribution in [2.75, 3.05) is 13.2 Å². The highest BCUT2D eigenvalue weighted by atomic mass is 16.6. The van der Waals surface area contributed by atoms with Crippen LogP contribution in [0.2, 0.25) is 0 Å². The number of hydrogen-bond acceptors (Lipinski definition) is 6. The number of hydrogen-bond donors (Lipinski definition) is 3. The highest BCUT2D eigenvalue weighted by molar-refractivity contribution is 5.66. The molecule has 0 aliphatic carbocycles. The van der Waals surface area contributed by atoms with Crippen molar-refractivity contribution in [3.05, 3.63) is 120 Å². The number of benzene rings is 3. The molecular formula is C32H36O7. The van der Waals surface area contributed by atoms with E-state index in [0.717, 1.165) is 16.7 Å². The lowest BCUT2D eigenvalue weighted by Gasteiger charge is -2.44. The average Bonchev–Trinajstić information content (AvgIpc) is 2.97. The molecule has 0 spiro atoms. The molecule has 4 rings (SSSR count). The minimum Gasteiger partial charge on any atom is -0.481 e. The van der Waals surface area contributed by atoms with Gasteiger partial charge in [0.05, 0.1) is 19.3 Å². The zero-order chi connectivity index (χ0) is 27.7. The Labute approximate surface area is 229 Å². The maximum absolute atomic E-state index is 11.2. The number of ether oxygens (including phenoxy) is 3. The molecule has 7 heteroatoms. The van der Waals surface area contributed by atoms with Crippen LogP contribution in [0.25, 0.3) is 0 Å². The lowest BCUT2D eigenvalue weighted by atomic mass is 9.80. The van der Waals surface area contributed by atoms with E-state index in [2.05, 4.69) is 6.58 Å². The molecular weight excluding hydrogens is 496 g/mol. The van der Waals surface area contributed by atoms with Crippen molar-refractivity contribution in [3.8, 4) is 0 Å². The highest BCUT2D eigenvalue weighted by Crippen LogP contribution is 2.41. The molecule has 1 fully saturated rings. The van der Waals surface area contributed by atoms with Crippen LogP contribution in [0.4, 0.5) is 0 Å². The van der Waals surface area contributed by atoms with Crippen molar-refractivity contribution in [2.24, 2.45) is 0 Å². The van der Waals surface area contributed by atoms with Gasteiger partial charge in [-0.3, -0.25) is 4.79 Å². The topological polar surface area (TPSA) is 105 Å². The third-order valence-electron chi connectivity index (χ3n) is 7.08. The molecule has 7 nitrogen and oxygen atoms in total. The second-order valence-electron chi connectivity index (χ2n) is 9.66. The maximum atomic E-state index is 11.2. The van der Waals surface area contributed by atoms with Gasteiger partial charge >= 0.3 is 5.97 Å². The molecule has 0 amide bonds. The molecule has 0 saturated carbocycles. The SMILES string of the molecule is C=CCO[C@@H]1[C@H](O)[C@H](CCCC(=O)O)O[C@H](COC(c2ccccc2)(c2ccccc2)c2ccccc2)[C@H]1O. The fourth-order valence-corrected chi connectivity index (χ4v) is 5.19. The maximum Gasteiger partial charge on any atom is 0.303 e. The van der Waals surface area contributed by atoms with Crippen LogP contribution in [0, 0.1) is 0 Å². The number of aliphatic hydroxyl groups excluding tert-OH is 2. The van der Waals surface area contributed by atoms with E-state index in [4.69, 9.17) is 19.3 Å². The van der Waals surface area contributed by atoms with E-state index in [1.165, 1.54) is 0 Å². The third kappa shape index (κ3) is 6.64. The molecule has 0 aromatic heterocycles. The Morgan fingerprint density at radius 1 is 0.846 bits per heavy atom. The first-order chi connectivity index (χ1) is 19.0. The third-order valence-corrected chi connectivity index (χ3v) is 7.08. The normalized spacial score (nSPS) is 23.3. The van der Waals surface area contributed by atoms with Gasteiger partial charge in [0.25, 0.3) is 0 Å². The predicted octanol–water partition coefficient (Wildman–Crippen LogP) is 4.31. The minimum absolute atomic E-state index is 0.0179. The number of carboxylic acids is 1. The van der Waals surface area contributed by atoms with Gasteiger partial charge in [-0.25, -0.2) is 0 Å². The summed E-state index contributed by atoms with van der Waals surface area (Å²) in [6.45, 7) is 3.78. The number of carboxylic acid groups (broad SMARTS) is 1. The van der Waals surface area contributed by atoms with Gasteiger partial charge in [0.15, 0.2) is 0 Å². The summed E-state index contributed by atoms with van der Waals surface area (Å²) in [5.41, 5.74) is 1.71. The summed E-state index contributed by atoms with van der Waals surface area (Å²) in [5.74, 6) is -0.918. The van der Waals surface area contributed by atoms with Crippen LogP contribution in [0.3, 0.4) is 0 Å². The van der Waals surface area contributed by atoms with Crippen molar-refractivity contribution in [1.82, 2.24) is 0 Å². The van der Waals surface area contributed by atoms with Crippen molar-refractivity contribution in [3.63, 3.8) is 0 Å². The number of carbonyl (C=O) groups is 1. The highest BCUT2D eigenvalue weighted by Gasteiger charge is 2.47. The van der Waals surface area contributed by atoms with Gasteiger partial charge in [-0.2, -0.15) is 0 Å². The van der Waals surface area contributed by atoms with Crippen LogP contribution >= 0.6 is 0 Å². The number of rotatable bonds is 13. The Bertz CT molecular complexity index is 1070. The monoisotopic (exact) mass is 532 g/mol. The van der Waals surface area contributed by atoms with Gasteiger partial charge in [0, 0.05) is 6.42 Å². The zero-order valence-electron chi connectivity index (χ0n) is 21.8. The Kier molecular flexibility index (Phi) is 10.0. The van der Waals surface area contributed by atoms with Gasteiger partial charge < -0.3 is 29.5 Å². The van der Waals surface area contributed by atoms with E-state index in [0.29, 0.717) is 12.8 Å². The smallest absolute Gasteiger partial charge is 0.303 e. The zero-order valence-corrected chi connectivity index (χ0v) is 21.8. The standard InChI is InChI=1S/C32H36O7/c1-2-21-37-31-29(35)26(19-12-20-28(33)34)39-27(30(31)36)22-38-32(23-13-6-3-7-14-23,24-15-8-4-9-16-24)25-17-10-5-11-18-25/h2-11,13-18,26-27,29-31,35-36H,1,12,19-22H2,(H,33,34)/t26-,27+,29+,30+,31+/m0/s1. The Morgan fingerprint density at radius 3 is 1.79 bits per heavy atom. The molecule has 0 unspecified atom stereocenters. The number of aliphatic hydroxyl groups is 2. The summed E-state index contributed by atoms with van der Waals surface area (Å²) < 4.78 is 18.8. The van der Waals surface area contributed by atoms with E-state index >= 15 is 0 Å². The second kappa shape index (κ2) is 13.6. The molecule has 1 aliphatic rings. The quantitative estimate of drug-likeness (QED) is 0.223. The largest absolute Gasteiger partial charge is 0.481 e. The molecule has 3 aromatic carbocycles. The molecule has 1 heterocycles. The van der Waals surface area contributed by atoms with Crippen molar-refractivity contribution < 1.29 is 34.3 Å². The fraction of sp³-hybridized carbons (Fsp3) is 0.344. The first kappa shape index (κ1) is 28.7. The average molecular weight is 533 g/mol. The molecule has 3 N–H and O–H groups in total. The second-order valence-corrected chi connectivity index (χ2v) is 9.66. The van der Waals surface area contributed by atoms with Gasteiger partial charge in [-0.05, 0) is 29.5 Å². The van der Waals surface area contributed by atoms with Crippen molar-refractivity contribution >= 4 is 5.97 Å². The minimum atomic E-state index is -1.18. The predicted molar refractivity (Wildman–Crippen MR) is 147 cm³/mol. The first-order valence-electron chi connectivity index (χ1n) is 13.2. The summed E-state index contributed by atoms with van der Waals surface area (Å²) in [4.78, 5) is 11.1.